The molecule has 166 valence electrons. The van der Waals surface area contributed by atoms with Gasteiger partial charge in [0.1, 0.15) is 5.69 Å². The third-order valence-corrected chi connectivity index (χ3v) is 6.77. The molecule has 1 aliphatic carbocycles. The molecule has 5 rings (SSSR count). The van der Waals surface area contributed by atoms with Gasteiger partial charge in [-0.15, -0.1) is 0 Å². The average Bonchev–Trinajstić information content (AvgIpc) is 3.36. The molecule has 6 heteroatoms. The highest BCUT2D eigenvalue weighted by Crippen LogP contribution is 2.43. The van der Waals surface area contributed by atoms with Gasteiger partial charge in [-0.3, -0.25) is 4.79 Å². The fourth-order valence-corrected chi connectivity index (χ4v) is 4.84. The van der Waals surface area contributed by atoms with Crippen molar-refractivity contribution in [1.82, 2.24) is 15.6 Å². The lowest BCUT2D eigenvalue weighted by atomic mass is 9.83. The predicted octanol–water partition coefficient (Wildman–Crippen LogP) is 3.55. The van der Waals surface area contributed by atoms with Crippen LogP contribution in [-0.4, -0.2) is 49.0 Å². The summed E-state index contributed by atoms with van der Waals surface area (Å²) in [6.45, 7) is 11.2. The number of ether oxygens (including phenoxy) is 2. The fraction of sp³-hybridized carbons (Fsp3) is 0.600. The molecule has 2 N–H and O–H groups in total. The van der Waals surface area contributed by atoms with E-state index in [1.165, 1.54) is 29.4 Å². The number of aromatic nitrogens is 1. The van der Waals surface area contributed by atoms with Gasteiger partial charge in [-0.25, -0.2) is 4.98 Å². The second-order valence-corrected chi connectivity index (χ2v) is 10.4. The highest BCUT2D eigenvalue weighted by atomic mass is 16.7. The number of benzene rings is 1. The quantitative estimate of drug-likeness (QED) is 0.787. The van der Waals surface area contributed by atoms with Gasteiger partial charge in [-0.05, 0) is 59.9 Å². The Morgan fingerprint density at radius 1 is 1.23 bits per heavy atom. The molecule has 3 aliphatic rings. The molecule has 6 nitrogen and oxygen atoms in total. The van der Waals surface area contributed by atoms with Crippen molar-refractivity contribution < 1.29 is 14.3 Å². The summed E-state index contributed by atoms with van der Waals surface area (Å²) in [5.41, 5.74) is 5.13. The summed E-state index contributed by atoms with van der Waals surface area (Å²) in [6, 6.07) is 6.66. The molecule has 2 aliphatic heterocycles. The van der Waals surface area contributed by atoms with Crippen LogP contribution in [0.5, 0.6) is 0 Å². The summed E-state index contributed by atoms with van der Waals surface area (Å²) in [4.78, 5) is 17.8. The standard InChI is InChI=1S/C25H33N3O3/c1-15-9-21(23(29)26-13-18-12-25(14-27-18)30-7-8-31-25)28-22-19(15)10-17(16-5-6-16)11-20(22)24(2,3)4/h9-11,16,18,27H,5-8,12-14H2,1-4H3,(H,26,29)/t18-/m0/s1. The Labute approximate surface area is 184 Å². The number of nitrogens with zero attached hydrogens (tertiary/aromatic N) is 1. The van der Waals surface area contributed by atoms with Crippen molar-refractivity contribution in [1.29, 1.82) is 0 Å². The van der Waals surface area contributed by atoms with Gasteiger partial charge >= 0.3 is 0 Å². The van der Waals surface area contributed by atoms with Crippen molar-refractivity contribution in [3.63, 3.8) is 0 Å². The zero-order chi connectivity index (χ0) is 21.8. The van der Waals surface area contributed by atoms with Gasteiger partial charge in [0.05, 0.1) is 25.3 Å². The van der Waals surface area contributed by atoms with Crippen molar-refractivity contribution >= 4 is 16.8 Å². The Balaban J connectivity index is 1.38. The number of fused-ring (bicyclic) bond motifs is 1. The van der Waals surface area contributed by atoms with Gasteiger partial charge in [0, 0.05) is 24.4 Å². The first-order valence-corrected chi connectivity index (χ1v) is 11.5. The Bertz CT molecular complexity index is 1020. The number of amides is 1. The topological polar surface area (TPSA) is 72.5 Å². The zero-order valence-electron chi connectivity index (χ0n) is 19.0. The molecule has 1 aromatic carbocycles. The molecule has 2 saturated heterocycles. The third-order valence-electron chi connectivity index (χ3n) is 6.77. The van der Waals surface area contributed by atoms with Crippen molar-refractivity contribution in [2.24, 2.45) is 0 Å². The third kappa shape index (κ3) is 4.09. The minimum absolute atomic E-state index is 0.0406. The van der Waals surface area contributed by atoms with Gasteiger partial charge in [-0.1, -0.05) is 26.8 Å². The smallest absolute Gasteiger partial charge is 0.269 e. The Hall–Kier alpha value is -2.02. The molecule has 1 spiro atoms. The molecular formula is C25H33N3O3. The Kier molecular flexibility index (Phi) is 5.07. The lowest BCUT2D eigenvalue weighted by molar-refractivity contribution is -0.140. The van der Waals surface area contributed by atoms with Crippen molar-refractivity contribution in [3.05, 3.63) is 40.6 Å². The molecule has 1 saturated carbocycles. The lowest BCUT2D eigenvalue weighted by Crippen LogP contribution is -2.37. The molecular weight excluding hydrogens is 390 g/mol. The SMILES string of the molecule is Cc1cc(C(=O)NC[C@@H]2CC3(CN2)OCCO3)nc2c(C(C)(C)C)cc(C3CC3)cc12. The predicted molar refractivity (Wildman–Crippen MR) is 121 cm³/mol. The largest absolute Gasteiger partial charge is 0.349 e. The summed E-state index contributed by atoms with van der Waals surface area (Å²) in [5, 5.41) is 7.63. The number of carbonyl (C=O) groups excluding carboxylic acids is 1. The molecule has 2 aromatic rings. The monoisotopic (exact) mass is 423 g/mol. The van der Waals surface area contributed by atoms with Gasteiger partial charge in [0.2, 0.25) is 0 Å². The van der Waals surface area contributed by atoms with Crippen LogP contribution in [0.25, 0.3) is 10.9 Å². The van der Waals surface area contributed by atoms with Gasteiger partial charge < -0.3 is 20.1 Å². The maximum Gasteiger partial charge on any atom is 0.269 e. The van der Waals surface area contributed by atoms with Crippen molar-refractivity contribution in [3.8, 4) is 0 Å². The number of pyridine rings is 1. The van der Waals surface area contributed by atoms with E-state index >= 15 is 0 Å². The van der Waals surface area contributed by atoms with E-state index in [-0.39, 0.29) is 17.4 Å². The van der Waals surface area contributed by atoms with E-state index in [1.54, 1.807) is 0 Å². The van der Waals surface area contributed by atoms with Crippen LogP contribution >= 0.6 is 0 Å². The number of carbonyl (C=O) groups is 1. The Morgan fingerprint density at radius 2 is 1.97 bits per heavy atom. The molecule has 0 unspecified atom stereocenters. The van der Waals surface area contributed by atoms with Gasteiger partial charge in [0.15, 0.2) is 5.79 Å². The molecule has 1 aromatic heterocycles. The maximum absolute atomic E-state index is 13.0. The fourth-order valence-electron chi connectivity index (χ4n) is 4.84. The highest BCUT2D eigenvalue weighted by Gasteiger charge is 2.43. The summed E-state index contributed by atoms with van der Waals surface area (Å²) >= 11 is 0. The molecule has 0 radical (unpaired) electrons. The maximum atomic E-state index is 13.0. The second kappa shape index (κ2) is 7.54. The molecule has 1 atom stereocenters. The number of nitrogens with one attached hydrogen (secondary N) is 2. The summed E-state index contributed by atoms with van der Waals surface area (Å²) in [6.07, 6.45) is 3.29. The number of rotatable bonds is 4. The van der Waals surface area contributed by atoms with Crippen LogP contribution in [0.1, 0.15) is 73.1 Å². The van der Waals surface area contributed by atoms with E-state index in [1.807, 2.05) is 6.07 Å². The van der Waals surface area contributed by atoms with E-state index in [9.17, 15) is 4.79 Å². The summed E-state index contributed by atoms with van der Waals surface area (Å²) in [5.74, 6) is 0.0451. The lowest BCUT2D eigenvalue weighted by Gasteiger charge is -2.23. The number of aryl methyl sites for hydroxylation is 1. The van der Waals surface area contributed by atoms with Gasteiger partial charge in [-0.2, -0.15) is 0 Å². The van der Waals surface area contributed by atoms with E-state index in [0.717, 1.165) is 17.5 Å². The van der Waals surface area contributed by atoms with Crippen molar-refractivity contribution in [2.75, 3.05) is 26.3 Å². The van der Waals surface area contributed by atoms with Crippen LogP contribution in [-0.2, 0) is 14.9 Å². The molecule has 31 heavy (non-hydrogen) atoms. The first kappa shape index (κ1) is 20.9. The highest BCUT2D eigenvalue weighted by molar-refractivity contribution is 5.97. The normalized spacial score (nSPS) is 23.0. The van der Waals surface area contributed by atoms with E-state index < -0.39 is 5.79 Å². The summed E-state index contributed by atoms with van der Waals surface area (Å²) < 4.78 is 11.5. The van der Waals surface area contributed by atoms with Crippen LogP contribution in [0.2, 0.25) is 0 Å². The van der Waals surface area contributed by atoms with Gasteiger partial charge in [0.25, 0.3) is 5.91 Å². The average molecular weight is 424 g/mol. The minimum Gasteiger partial charge on any atom is -0.349 e. The first-order chi connectivity index (χ1) is 14.7. The van der Waals surface area contributed by atoms with Crippen LogP contribution in [0.4, 0.5) is 0 Å². The molecule has 0 bridgehead atoms. The minimum atomic E-state index is -0.506. The zero-order valence-corrected chi connectivity index (χ0v) is 19.0. The molecule has 1 amide bonds. The number of hydrogen-bond donors (Lipinski definition) is 2. The van der Waals surface area contributed by atoms with E-state index in [2.05, 4.69) is 50.5 Å². The van der Waals surface area contributed by atoms with Crippen LogP contribution in [0.15, 0.2) is 18.2 Å². The second-order valence-electron chi connectivity index (χ2n) is 10.4. The first-order valence-electron chi connectivity index (χ1n) is 11.5. The van der Waals surface area contributed by atoms with E-state index in [0.29, 0.717) is 37.9 Å². The molecule has 3 heterocycles. The van der Waals surface area contributed by atoms with Crippen LogP contribution in [0.3, 0.4) is 0 Å². The summed E-state index contributed by atoms with van der Waals surface area (Å²) in [7, 11) is 0. The van der Waals surface area contributed by atoms with Crippen LogP contribution in [0, 0.1) is 6.92 Å². The number of hydrogen-bond acceptors (Lipinski definition) is 5. The van der Waals surface area contributed by atoms with E-state index in [4.69, 9.17) is 14.5 Å². The Morgan fingerprint density at radius 3 is 2.65 bits per heavy atom. The van der Waals surface area contributed by atoms with Crippen LogP contribution < -0.4 is 10.6 Å². The van der Waals surface area contributed by atoms with Crippen molar-refractivity contribution in [2.45, 2.75) is 70.1 Å². The molecule has 3 fully saturated rings.